The van der Waals surface area contributed by atoms with Crippen LogP contribution in [-0.2, 0) is 18.3 Å². The number of aromatic carboxylic acids is 1. The Kier molecular flexibility index (Phi) is 6.36. The number of benzene rings is 1. The van der Waals surface area contributed by atoms with Crippen LogP contribution < -0.4 is 10.2 Å². The van der Waals surface area contributed by atoms with Crippen LogP contribution in [0.5, 0.6) is 0 Å². The first-order chi connectivity index (χ1) is 13.5. The summed E-state index contributed by atoms with van der Waals surface area (Å²) in [6.07, 6.45) is 1.83. The molecule has 1 aliphatic heterocycles. The number of nitrogens with one attached hydrogen (secondary N) is 1. The molecule has 1 saturated heterocycles. The predicted molar refractivity (Wildman–Crippen MR) is 109 cm³/mol. The molecule has 3 rings (SSSR count). The summed E-state index contributed by atoms with van der Waals surface area (Å²) in [6, 6.07) is 10.4. The third-order valence-electron chi connectivity index (χ3n) is 5.28. The second-order valence-corrected chi connectivity index (χ2v) is 7.24. The van der Waals surface area contributed by atoms with Gasteiger partial charge in [-0.3, -0.25) is 9.69 Å². The minimum atomic E-state index is -0.989. The summed E-state index contributed by atoms with van der Waals surface area (Å²) in [5, 5.41) is 12.3. The SMILES string of the molecule is Cc1cn(C)c(CC(=O)NCCN2CCN(c3ccccc3)CC2)c1C(=O)O. The molecule has 150 valence electrons. The molecule has 2 N–H and O–H groups in total. The van der Waals surface area contributed by atoms with Crippen LogP contribution in [0, 0.1) is 6.92 Å². The Bertz CT molecular complexity index is 824. The van der Waals surface area contributed by atoms with Gasteiger partial charge in [-0.15, -0.1) is 0 Å². The molecule has 7 heteroatoms. The topological polar surface area (TPSA) is 77.8 Å². The number of carbonyl (C=O) groups excluding carboxylic acids is 1. The Morgan fingerprint density at radius 2 is 1.79 bits per heavy atom. The molecule has 1 aliphatic rings. The first-order valence-electron chi connectivity index (χ1n) is 9.63. The Morgan fingerprint density at radius 1 is 1.11 bits per heavy atom. The Hall–Kier alpha value is -2.80. The van der Waals surface area contributed by atoms with Crippen molar-refractivity contribution >= 4 is 17.6 Å². The smallest absolute Gasteiger partial charge is 0.337 e. The molecule has 0 spiro atoms. The van der Waals surface area contributed by atoms with E-state index in [0.717, 1.165) is 32.7 Å². The molecule has 0 bridgehead atoms. The van der Waals surface area contributed by atoms with Crippen molar-refractivity contribution in [3.8, 4) is 0 Å². The zero-order valence-electron chi connectivity index (χ0n) is 16.5. The number of anilines is 1. The number of carbonyl (C=O) groups is 2. The van der Waals surface area contributed by atoms with Crippen molar-refractivity contribution in [2.75, 3.05) is 44.2 Å². The van der Waals surface area contributed by atoms with Gasteiger partial charge < -0.3 is 19.9 Å². The maximum absolute atomic E-state index is 12.3. The van der Waals surface area contributed by atoms with Crippen molar-refractivity contribution in [2.24, 2.45) is 7.05 Å². The van der Waals surface area contributed by atoms with E-state index in [1.165, 1.54) is 5.69 Å². The third kappa shape index (κ3) is 4.72. The number of carboxylic acids is 1. The van der Waals surface area contributed by atoms with Gasteiger partial charge in [0.15, 0.2) is 0 Å². The minimum absolute atomic E-state index is 0.0771. The van der Waals surface area contributed by atoms with Crippen molar-refractivity contribution in [2.45, 2.75) is 13.3 Å². The van der Waals surface area contributed by atoms with Crippen LogP contribution in [0.4, 0.5) is 5.69 Å². The van der Waals surface area contributed by atoms with Crippen LogP contribution in [0.1, 0.15) is 21.6 Å². The number of nitrogens with zero attached hydrogens (tertiary/aromatic N) is 3. The zero-order valence-corrected chi connectivity index (χ0v) is 16.5. The first-order valence-corrected chi connectivity index (χ1v) is 9.63. The van der Waals surface area contributed by atoms with Crippen molar-refractivity contribution in [1.29, 1.82) is 0 Å². The number of para-hydroxylation sites is 1. The van der Waals surface area contributed by atoms with E-state index in [4.69, 9.17) is 0 Å². The maximum Gasteiger partial charge on any atom is 0.337 e. The van der Waals surface area contributed by atoms with E-state index >= 15 is 0 Å². The Balaban J connectivity index is 1.43. The van der Waals surface area contributed by atoms with Gasteiger partial charge in [-0.1, -0.05) is 18.2 Å². The summed E-state index contributed by atoms with van der Waals surface area (Å²) in [4.78, 5) is 28.4. The second kappa shape index (κ2) is 8.93. The summed E-state index contributed by atoms with van der Waals surface area (Å²) in [6.45, 7) is 6.99. The number of aromatic nitrogens is 1. The van der Waals surface area contributed by atoms with E-state index in [2.05, 4.69) is 39.4 Å². The quantitative estimate of drug-likeness (QED) is 0.757. The molecule has 7 nitrogen and oxygen atoms in total. The van der Waals surface area contributed by atoms with Gasteiger partial charge in [-0.25, -0.2) is 4.79 Å². The highest BCUT2D eigenvalue weighted by Crippen LogP contribution is 2.17. The van der Waals surface area contributed by atoms with Gasteiger partial charge in [-0.05, 0) is 24.6 Å². The molecule has 2 heterocycles. The van der Waals surface area contributed by atoms with Crippen molar-refractivity contribution < 1.29 is 14.7 Å². The van der Waals surface area contributed by atoms with Crippen molar-refractivity contribution in [1.82, 2.24) is 14.8 Å². The van der Waals surface area contributed by atoms with E-state index in [-0.39, 0.29) is 17.9 Å². The summed E-state index contributed by atoms with van der Waals surface area (Å²) < 4.78 is 1.72. The van der Waals surface area contributed by atoms with Gasteiger partial charge in [0, 0.05) is 63.9 Å². The summed E-state index contributed by atoms with van der Waals surface area (Å²) in [5.41, 5.74) is 2.70. The van der Waals surface area contributed by atoms with Crippen LogP contribution in [0.2, 0.25) is 0 Å². The highest BCUT2D eigenvalue weighted by atomic mass is 16.4. The van der Waals surface area contributed by atoms with E-state index in [1.54, 1.807) is 24.7 Å². The highest BCUT2D eigenvalue weighted by Gasteiger charge is 2.20. The average Bonchev–Trinajstić information content (AvgIpc) is 2.96. The molecule has 1 aromatic carbocycles. The van der Waals surface area contributed by atoms with E-state index < -0.39 is 5.97 Å². The molecule has 0 aliphatic carbocycles. The minimum Gasteiger partial charge on any atom is -0.478 e. The van der Waals surface area contributed by atoms with Gasteiger partial charge >= 0.3 is 5.97 Å². The lowest BCUT2D eigenvalue weighted by Crippen LogP contribution is -2.48. The number of amides is 1. The molecule has 28 heavy (non-hydrogen) atoms. The van der Waals surface area contributed by atoms with Gasteiger partial charge in [-0.2, -0.15) is 0 Å². The van der Waals surface area contributed by atoms with Crippen LogP contribution in [0.15, 0.2) is 36.5 Å². The molecule has 0 radical (unpaired) electrons. The Labute approximate surface area is 165 Å². The first kappa shape index (κ1) is 19.9. The van der Waals surface area contributed by atoms with Gasteiger partial charge in [0.25, 0.3) is 0 Å². The second-order valence-electron chi connectivity index (χ2n) is 7.24. The number of carboxylic acid groups (broad SMARTS) is 1. The third-order valence-corrected chi connectivity index (χ3v) is 5.28. The fraction of sp³-hybridized carbons (Fsp3) is 0.429. The molecule has 0 unspecified atom stereocenters. The fourth-order valence-corrected chi connectivity index (χ4v) is 3.78. The van der Waals surface area contributed by atoms with E-state index in [0.29, 0.717) is 17.8 Å². The number of hydrogen-bond acceptors (Lipinski definition) is 4. The molecule has 0 atom stereocenters. The van der Waals surface area contributed by atoms with Crippen molar-refractivity contribution in [3.63, 3.8) is 0 Å². The molecule has 0 saturated carbocycles. The highest BCUT2D eigenvalue weighted by molar-refractivity contribution is 5.93. The molecular weight excluding hydrogens is 356 g/mol. The summed E-state index contributed by atoms with van der Waals surface area (Å²) >= 11 is 0. The monoisotopic (exact) mass is 384 g/mol. The number of piperazine rings is 1. The molecular formula is C21H28N4O3. The Morgan fingerprint density at radius 3 is 2.43 bits per heavy atom. The summed E-state index contributed by atoms with van der Waals surface area (Å²) in [7, 11) is 1.77. The largest absolute Gasteiger partial charge is 0.478 e. The average molecular weight is 384 g/mol. The molecule has 1 fully saturated rings. The molecule has 2 aromatic rings. The molecule has 1 aromatic heterocycles. The molecule has 1 amide bonds. The lowest BCUT2D eigenvalue weighted by atomic mass is 10.1. The number of hydrogen-bond donors (Lipinski definition) is 2. The van der Waals surface area contributed by atoms with Crippen LogP contribution in [0.25, 0.3) is 0 Å². The maximum atomic E-state index is 12.3. The number of aryl methyl sites for hydroxylation is 2. The lowest BCUT2D eigenvalue weighted by Gasteiger charge is -2.36. The lowest BCUT2D eigenvalue weighted by molar-refractivity contribution is -0.120. The fourth-order valence-electron chi connectivity index (χ4n) is 3.78. The van der Waals surface area contributed by atoms with Gasteiger partial charge in [0.05, 0.1) is 12.0 Å². The van der Waals surface area contributed by atoms with Crippen LogP contribution in [-0.4, -0.2) is 65.7 Å². The zero-order chi connectivity index (χ0) is 20.1. The van der Waals surface area contributed by atoms with Crippen LogP contribution >= 0.6 is 0 Å². The summed E-state index contributed by atoms with van der Waals surface area (Å²) in [5.74, 6) is -1.14. The standard InChI is InChI=1S/C21H28N4O3/c1-16-15-23(2)18(20(16)21(27)28)14-19(26)22-8-9-24-10-12-25(13-11-24)17-6-4-3-5-7-17/h3-7,15H,8-14H2,1-2H3,(H,22,26)(H,27,28). The predicted octanol–water partition coefficient (Wildman–Crippen LogP) is 1.51. The normalized spacial score (nSPS) is 14.9. The van der Waals surface area contributed by atoms with E-state index in [9.17, 15) is 14.7 Å². The van der Waals surface area contributed by atoms with Crippen molar-refractivity contribution in [3.05, 3.63) is 53.3 Å². The van der Waals surface area contributed by atoms with Crippen LogP contribution in [0.3, 0.4) is 0 Å². The number of rotatable bonds is 7. The van der Waals surface area contributed by atoms with Gasteiger partial charge in [0.1, 0.15) is 0 Å². The van der Waals surface area contributed by atoms with E-state index in [1.807, 2.05) is 6.07 Å². The van der Waals surface area contributed by atoms with Gasteiger partial charge in [0.2, 0.25) is 5.91 Å².